The van der Waals surface area contributed by atoms with Gasteiger partial charge in [-0.1, -0.05) is 30.3 Å². The molecular weight excluding hydrogens is 382 g/mol. The van der Waals surface area contributed by atoms with Gasteiger partial charge in [-0.15, -0.1) is 0 Å². The van der Waals surface area contributed by atoms with Crippen LogP contribution in [-0.2, 0) is 21.4 Å². The van der Waals surface area contributed by atoms with Gasteiger partial charge in [0.1, 0.15) is 0 Å². The minimum Gasteiger partial charge on any atom is -0.341 e. The minimum absolute atomic E-state index is 0.0183. The van der Waals surface area contributed by atoms with Gasteiger partial charge >= 0.3 is 0 Å². The molecule has 0 aromatic heterocycles. The Balaban J connectivity index is 2.02. The highest BCUT2D eigenvalue weighted by Gasteiger charge is 2.22. The third kappa shape index (κ3) is 5.37. The van der Waals surface area contributed by atoms with Crippen LogP contribution in [0.25, 0.3) is 0 Å². The molecule has 2 rings (SSSR count). The molecule has 0 saturated carbocycles. The first-order valence-electron chi connectivity index (χ1n) is 8.65. The summed E-state index contributed by atoms with van der Waals surface area (Å²) in [5, 5.41) is 11.0. The zero-order valence-corrected chi connectivity index (χ0v) is 16.8. The van der Waals surface area contributed by atoms with Crippen molar-refractivity contribution in [3.05, 3.63) is 69.3 Å². The fraction of sp³-hybridized carbons (Fsp3) is 0.316. The van der Waals surface area contributed by atoms with Crippen LogP contribution in [0.2, 0.25) is 0 Å². The summed E-state index contributed by atoms with van der Waals surface area (Å²) in [5.74, 6) is -0.210. The van der Waals surface area contributed by atoms with Gasteiger partial charge in [0.25, 0.3) is 5.69 Å². The summed E-state index contributed by atoms with van der Waals surface area (Å²) in [6.45, 7) is 3.53. The largest absolute Gasteiger partial charge is 0.341 e. The molecule has 0 saturated heterocycles. The lowest BCUT2D eigenvalue weighted by atomic mass is 10.1. The van der Waals surface area contributed by atoms with Gasteiger partial charge in [-0.3, -0.25) is 14.9 Å². The molecule has 2 aromatic carbocycles. The van der Waals surface area contributed by atoms with E-state index in [2.05, 4.69) is 4.72 Å². The van der Waals surface area contributed by atoms with Crippen molar-refractivity contribution in [2.24, 2.45) is 0 Å². The molecule has 0 atom stereocenters. The highest BCUT2D eigenvalue weighted by Crippen LogP contribution is 2.25. The van der Waals surface area contributed by atoms with E-state index in [1.807, 2.05) is 30.3 Å². The maximum atomic E-state index is 12.6. The van der Waals surface area contributed by atoms with Crippen LogP contribution < -0.4 is 4.72 Å². The molecule has 28 heavy (non-hydrogen) atoms. The Kier molecular flexibility index (Phi) is 6.87. The number of hydrogen-bond donors (Lipinski definition) is 1. The Morgan fingerprint density at radius 1 is 1.18 bits per heavy atom. The maximum Gasteiger partial charge on any atom is 0.271 e. The molecule has 0 aliphatic carbocycles. The van der Waals surface area contributed by atoms with Crippen molar-refractivity contribution in [1.82, 2.24) is 9.62 Å². The molecular formula is C19H23N3O5S. The van der Waals surface area contributed by atoms with Gasteiger partial charge in [0, 0.05) is 38.7 Å². The van der Waals surface area contributed by atoms with Crippen LogP contribution in [0.1, 0.15) is 23.1 Å². The number of carbonyl (C=O) groups is 1. The second kappa shape index (κ2) is 8.94. The van der Waals surface area contributed by atoms with Gasteiger partial charge in [0.15, 0.2) is 0 Å². The van der Waals surface area contributed by atoms with Crippen LogP contribution in [0.4, 0.5) is 5.69 Å². The number of amides is 1. The van der Waals surface area contributed by atoms with Gasteiger partial charge in [0.2, 0.25) is 15.9 Å². The Labute approximate surface area is 164 Å². The van der Waals surface area contributed by atoms with Crippen molar-refractivity contribution in [1.29, 1.82) is 0 Å². The first-order chi connectivity index (χ1) is 13.1. The SMILES string of the molecule is Cc1cc([N+](=O)[O-])cc(S(=O)(=O)NCCC(=O)N(C)Cc2ccccc2)c1C. The van der Waals surface area contributed by atoms with Gasteiger partial charge in [-0.05, 0) is 30.5 Å². The van der Waals surface area contributed by atoms with Crippen LogP contribution >= 0.6 is 0 Å². The molecule has 0 aliphatic heterocycles. The summed E-state index contributed by atoms with van der Waals surface area (Å²) in [6, 6.07) is 11.8. The lowest BCUT2D eigenvalue weighted by Crippen LogP contribution is -2.32. The first-order valence-corrected chi connectivity index (χ1v) is 10.1. The molecule has 0 heterocycles. The van der Waals surface area contributed by atoms with E-state index in [9.17, 15) is 23.3 Å². The number of rotatable bonds is 8. The van der Waals surface area contributed by atoms with E-state index in [-0.39, 0.29) is 29.5 Å². The standard InChI is InChI=1S/C19H23N3O5S/c1-14-11-17(22(24)25)12-18(15(14)2)28(26,27)20-10-9-19(23)21(3)13-16-7-5-4-6-8-16/h4-8,11-12,20H,9-10,13H2,1-3H3. The number of nitrogens with zero attached hydrogens (tertiary/aromatic N) is 2. The third-order valence-electron chi connectivity index (χ3n) is 4.42. The minimum atomic E-state index is -3.97. The Morgan fingerprint density at radius 2 is 1.82 bits per heavy atom. The first kappa shape index (κ1) is 21.5. The van der Waals surface area contributed by atoms with E-state index >= 15 is 0 Å². The average molecular weight is 405 g/mol. The average Bonchev–Trinajstić information content (AvgIpc) is 2.64. The predicted octanol–water partition coefficient (Wildman–Crippen LogP) is 2.54. The fourth-order valence-corrected chi connectivity index (χ4v) is 4.07. The molecule has 0 aliphatic rings. The number of nitro groups is 1. The molecule has 0 radical (unpaired) electrons. The van der Waals surface area contributed by atoms with Crippen LogP contribution in [0.15, 0.2) is 47.4 Å². The van der Waals surface area contributed by atoms with Gasteiger partial charge in [-0.25, -0.2) is 13.1 Å². The molecule has 2 aromatic rings. The zero-order chi connectivity index (χ0) is 20.9. The molecule has 1 amide bonds. The lowest BCUT2D eigenvalue weighted by Gasteiger charge is -2.17. The quantitative estimate of drug-likeness (QED) is 0.536. The van der Waals surface area contributed by atoms with E-state index in [1.54, 1.807) is 20.9 Å². The molecule has 150 valence electrons. The van der Waals surface area contributed by atoms with Crippen molar-refractivity contribution in [2.45, 2.75) is 31.7 Å². The second-order valence-electron chi connectivity index (χ2n) is 6.53. The van der Waals surface area contributed by atoms with Crippen molar-refractivity contribution in [2.75, 3.05) is 13.6 Å². The van der Waals surface area contributed by atoms with Crippen molar-refractivity contribution in [3.63, 3.8) is 0 Å². The summed E-state index contributed by atoms with van der Waals surface area (Å²) >= 11 is 0. The van der Waals surface area contributed by atoms with Gasteiger partial charge in [0.05, 0.1) is 9.82 Å². The summed E-state index contributed by atoms with van der Waals surface area (Å²) in [4.78, 5) is 24.0. The number of benzene rings is 2. The number of nitrogens with one attached hydrogen (secondary N) is 1. The summed E-state index contributed by atoms with van der Waals surface area (Å²) < 4.78 is 27.5. The van der Waals surface area contributed by atoms with Crippen molar-refractivity contribution < 1.29 is 18.1 Å². The number of non-ortho nitro benzene ring substituents is 1. The smallest absolute Gasteiger partial charge is 0.271 e. The molecule has 9 heteroatoms. The summed E-state index contributed by atoms with van der Waals surface area (Å²) in [5.41, 5.74) is 1.63. The maximum absolute atomic E-state index is 12.6. The molecule has 1 N–H and O–H groups in total. The Hall–Kier alpha value is -2.78. The molecule has 0 bridgehead atoms. The van der Waals surface area contributed by atoms with E-state index in [0.717, 1.165) is 11.6 Å². The van der Waals surface area contributed by atoms with Crippen molar-refractivity contribution in [3.8, 4) is 0 Å². The van der Waals surface area contributed by atoms with Gasteiger partial charge in [-0.2, -0.15) is 0 Å². The van der Waals surface area contributed by atoms with E-state index in [1.165, 1.54) is 11.0 Å². The summed E-state index contributed by atoms with van der Waals surface area (Å²) in [6.07, 6.45) is -0.0183. The summed E-state index contributed by atoms with van der Waals surface area (Å²) in [7, 11) is -2.32. The van der Waals surface area contributed by atoms with Crippen molar-refractivity contribution >= 4 is 21.6 Å². The monoisotopic (exact) mass is 405 g/mol. The zero-order valence-electron chi connectivity index (χ0n) is 16.0. The second-order valence-corrected chi connectivity index (χ2v) is 8.26. The number of carbonyl (C=O) groups excluding carboxylic acids is 1. The van der Waals surface area contributed by atoms with Crippen LogP contribution in [0.3, 0.4) is 0 Å². The lowest BCUT2D eigenvalue weighted by molar-refractivity contribution is -0.385. The van der Waals surface area contributed by atoms with Crippen LogP contribution in [0, 0.1) is 24.0 Å². The molecule has 0 spiro atoms. The number of aryl methyl sites for hydroxylation is 1. The van der Waals surface area contributed by atoms with E-state index in [4.69, 9.17) is 0 Å². The Bertz CT molecular complexity index is 975. The topological polar surface area (TPSA) is 110 Å². The number of nitro benzene ring substituents is 1. The predicted molar refractivity (Wildman–Crippen MR) is 105 cm³/mol. The highest BCUT2D eigenvalue weighted by molar-refractivity contribution is 7.89. The molecule has 0 fully saturated rings. The van der Waals surface area contributed by atoms with Crippen LogP contribution in [-0.4, -0.2) is 37.7 Å². The number of sulfonamides is 1. The molecule has 0 unspecified atom stereocenters. The fourth-order valence-electron chi connectivity index (χ4n) is 2.70. The third-order valence-corrected chi connectivity index (χ3v) is 6.01. The number of hydrogen-bond acceptors (Lipinski definition) is 5. The molecule has 8 nitrogen and oxygen atoms in total. The highest BCUT2D eigenvalue weighted by atomic mass is 32.2. The Morgan fingerprint density at radius 3 is 2.43 bits per heavy atom. The van der Waals surface area contributed by atoms with E-state index < -0.39 is 14.9 Å². The van der Waals surface area contributed by atoms with Gasteiger partial charge < -0.3 is 4.90 Å². The van der Waals surface area contributed by atoms with Crippen LogP contribution in [0.5, 0.6) is 0 Å². The normalized spacial score (nSPS) is 11.2. The van der Waals surface area contributed by atoms with E-state index in [0.29, 0.717) is 17.7 Å².